The average Bonchev–Trinajstić information content (AvgIpc) is 3.03. The molecule has 0 bridgehead atoms. The van der Waals surface area contributed by atoms with E-state index in [0.717, 1.165) is 38.8 Å². The molecule has 3 heteroatoms. The van der Waals surface area contributed by atoms with Crippen LogP contribution in [0, 0.1) is 0 Å². The summed E-state index contributed by atoms with van der Waals surface area (Å²) in [6.45, 7) is 10.3. The summed E-state index contributed by atoms with van der Waals surface area (Å²) in [4.78, 5) is 28.4. The Morgan fingerprint density at radius 1 is 0.341 bits per heavy atom. The van der Waals surface area contributed by atoms with E-state index in [0.29, 0.717) is 12.8 Å². The van der Waals surface area contributed by atoms with Crippen LogP contribution < -0.4 is 0 Å². The molecule has 44 heavy (non-hydrogen) atoms. The monoisotopic (exact) mass is 620 g/mol. The zero-order valence-electron chi connectivity index (χ0n) is 30.9. The Balaban J connectivity index is 3.88. The predicted octanol–water partition coefficient (Wildman–Crippen LogP) is 13.4. The number of likely N-dealkylation sites (N-methyl/N-ethyl adjacent to an activating group) is 1. The normalized spacial score (nSPS) is 11.7. The molecule has 0 aromatic heterocycles. The fourth-order valence-corrected chi connectivity index (χ4v) is 6.79. The van der Waals surface area contributed by atoms with Gasteiger partial charge in [-0.2, -0.15) is 0 Å². The molecule has 0 atom stereocenters. The average molecular weight is 620 g/mol. The van der Waals surface area contributed by atoms with Gasteiger partial charge < -0.3 is 0 Å². The summed E-state index contributed by atoms with van der Waals surface area (Å²) in [6, 6.07) is -0.497. The Bertz CT molecular complexity index is 553. The predicted molar refractivity (Wildman–Crippen MR) is 196 cm³/mol. The quantitative estimate of drug-likeness (QED) is 0.0513. The summed E-state index contributed by atoms with van der Waals surface area (Å²) in [6.07, 6.45) is 41.1. The summed E-state index contributed by atoms with van der Waals surface area (Å²) >= 11 is 0. The van der Waals surface area contributed by atoms with E-state index in [4.69, 9.17) is 0 Å². The highest BCUT2D eigenvalue weighted by Crippen LogP contribution is 2.17. The molecule has 3 nitrogen and oxygen atoms in total. The first-order chi connectivity index (χ1) is 21.6. The van der Waals surface area contributed by atoms with Crippen molar-refractivity contribution in [3.63, 3.8) is 0 Å². The summed E-state index contributed by atoms with van der Waals surface area (Å²) in [5.41, 5.74) is 0. The van der Waals surface area contributed by atoms with Gasteiger partial charge in [-0.1, -0.05) is 207 Å². The lowest BCUT2D eigenvalue weighted by Crippen LogP contribution is -2.46. The van der Waals surface area contributed by atoms with Crippen molar-refractivity contribution in [1.29, 1.82) is 0 Å². The molecule has 0 N–H and O–H groups in total. The van der Waals surface area contributed by atoms with Crippen LogP contribution in [0.5, 0.6) is 0 Å². The highest BCUT2D eigenvalue weighted by Gasteiger charge is 2.29. The van der Waals surface area contributed by atoms with Crippen molar-refractivity contribution < 1.29 is 9.59 Å². The van der Waals surface area contributed by atoms with E-state index in [1.807, 2.05) is 0 Å². The van der Waals surface area contributed by atoms with Gasteiger partial charge in [0, 0.05) is 12.8 Å². The van der Waals surface area contributed by atoms with Gasteiger partial charge in [-0.3, -0.25) is 14.5 Å². The van der Waals surface area contributed by atoms with Gasteiger partial charge in [-0.15, -0.1) is 0 Å². The molecule has 0 spiro atoms. The van der Waals surface area contributed by atoms with Crippen LogP contribution >= 0.6 is 0 Å². The van der Waals surface area contributed by atoms with Crippen LogP contribution in [0.25, 0.3) is 0 Å². The summed E-state index contributed by atoms with van der Waals surface area (Å²) in [7, 11) is 0. The first-order valence-electron chi connectivity index (χ1n) is 20.4. The van der Waals surface area contributed by atoms with Gasteiger partial charge in [0.1, 0.15) is 6.04 Å². The molecule has 0 radical (unpaired) electrons. The first-order valence-corrected chi connectivity index (χ1v) is 20.4. The number of carbonyl (C=O) groups is 2. The number of unbranched alkanes of at least 4 members (excludes halogenated alkanes) is 28. The molecule has 0 saturated heterocycles. The Labute approximate surface area is 277 Å². The van der Waals surface area contributed by atoms with E-state index in [9.17, 15) is 9.59 Å². The van der Waals surface area contributed by atoms with Crippen molar-refractivity contribution in [3.8, 4) is 0 Å². The van der Waals surface area contributed by atoms with Crippen molar-refractivity contribution in [2.75, 3.05) is 13.1 Å². The number of hydrogen-bond acceptors (Lipinski definition) is 3. The minimum absolute atomic E-state index is 0.175. The molecule has 0 aliphatic heterocycles. The lowest BCUT2D eigenvalue weighted by atomic mass is 9.96. The summed E-state index contributed by atoms with van der Waals surface area (Å²) < 4.78 is 0. The fourth-order valence-electron chi connectivity index (χ4n) is 6.79. The number of carbonyl (C=O) groups excluding carboxylic acids is 2. The smallest absolute Gasteiger partial charge is 0.157 e. The lowest BCUT2D eigenvalue weighted by molar-refractivity contribution is -0.134. The molecule has 0 aliphatic rings. The van der Waals surface area contributed by atoms with E-state index in [-0.39, 0.29) is 11.6 Å². The van der Waals surface area contributed by atoms with Gasteiger partial charge in [0.05, 0.1) is 0 Å². The molecular formula is C41H81NO2. The molecule has 0 amide bonds. The van der Waals surface area contributed by atoms with Crippen LogP contribution in [-0.4, -0.2) is 35.6 Å². The minimum atomic E-state index is -0.497. The van der Waals surface area contributed by atoms with E-state index >= 15 is 0 Å². The number of nitrogens with zero attached hydrogens (tertiary/aromatic N) is 1. The highest BCUT2D eigenvalue weighted by atomic mass is 16.2. The molecule has 0 fully saturated rings. The molecule has 0 rings (SSSR count). The molecule has 0 aromatic rings. The topological polar surface area (TPSA) is 37.4 Å². The molecular weight excluding hydrogens is 538 g/mol. The maximum absolute atomic E-state index is 13.2. The third-order valence-electron chi connectivity index (χ3n) is 9.84. The number of ketones is 2. The zero-order chi connectivity index (χ0) is 32.4. The second-order valence-corrected chi connectivity index (χ2v) is 14.0. The van der Waals surface area contributed by atoms with Crippen LogP contribution in [-0.2, 0) is 9.59 Å². The third kappa shape index (κ3) is 27.6. The van der Waals surface area contributed by atoms with E-state index in [1.54, 1.807) is 0 Å². The maximum atomic E-state index is 13.2. The molecule has 0 aliphatic carbocycles. The second kappa shape index (κ2) is 35.2. The fraction of sp³-hybridized carbons (Fsp3) is 0.951. The summed E-state index contributed by atoms with van der Waals surface area (Å²) in [5, 5.41) is 0. The molecule has 0 heterocycles. The Morgan fingerprint density at radius 2 is 0.545 bits per heavy atom. The molecule has 0 aromatic carbocycles. The van der Waals surface area contributed by atoms with Gasteiger partial charge in [0.2, 0.25) is 0 Å². The van der Waals surface area contributed by atoms with Crippen molar-refractivity contribution in [1.82, 2.24) is 4.90 Å². The van der Waals surface area contributed by atoms with Crippen molar-refractivity contribution in [2.45, 2.75) is 239 Å². The second-order valence-electron chi connectivity index (χ2n) is 14.0. The molecule has 0 saturated carbocycles. The van der Waals surface area contributed by atoms with E-state index < -0.39 is 6.04 Å². The standard InChI is InChI=1S/C41H81NO2/c1-5-9-11-13-15-17-19-21-23-25-27-29-31-33-35-37-39(43)41(42(7-3)8-4)40(44)38-36-34-32-30-28-26-24-22-20-18-16-14-12-10-6-2/h41H,5-38H2,1-4H3. The van der Waals surface area contributed by atoms with Gasteiger partial charge in [0.15, 0.2) is 11.6 Å². The maximum Gasteiger partial charge on any atom is 0.157 e. The van der Waals surface area contributed by atoms with Crippen LogP contribution in [0.1, 0.15) is 233 Å². The van der Waals surface area contributed by atoms with Gasteiger partial charge in [-0.05, 0) is 25.9 Å². The first kappa shape index (κ1) is 43.3. The van der Waals surface area contributed by atoms with E-state index in [2.05, 4.69) is 32.6 Å². The zero-order valence-corrected chi connectivity index (χ0v) is 30.9. The number of hydrogen-bond donors (Lipinski definition) is 0. The van der Waals surface area contributed by atoms with Crippen molar-refractivity contribution >= 4 is 11.6 Å². The van der Waals surface area contributed by atoms with Crippen LogP contribution in [0.4, 0.5) is 0 Å². The third-order valence-corrected chi connectivity index (χ3v) is 9.84. The SMILES string of the molecule is CCCCCCCCCCCCCCCCCC(=O)C(C(=O)CCCCCCCCCCCCCCCCC)N(CC)CC. The Hall–Kier alpha value is -0.700. The van der Waals surface area contributed by atoms with Crippen LogP contribution in [0.15, 0.2) is 0 Å². The molecule has 0 unspecified atom stereocenters. The van der Waals surface area contributed by atoms with Crippen molar-refractivity contribution in [2.24, 2.45) is 0 Å². The number of rotatable bonds is 37. The van der Waals surface area contributed by atoms with Crippen LogP contribution in [0.2, 0.25) is 0 Å². The largest absolute Gasteiger partial charge is 0.297 e. The molecule has 262 valence electrons. The van der Waals surface area contributed by atoms with Gasteiger partial charge in [-0.25, -0.2) is 0 Å². The lowest BCUT2D eigenvalue weighted by Gasteiger charge is -2.27. The Kier molecular flexibility index (Phi) is 34.6. The van der Waals surface area contributed by atoms with Crippen LogP contribution in [0.3, 0.4) is 0 Å². The minimum Gasteiger partial charge on any atom is -0.297 e. The summed E-state index contributed by atoms with van der Waals surface area (Å²) in [5.74, 6) is 0.351. The van der Waals surface area contributed by atoms with Gasteiger partial charge in [0.25, 0.3) is 0 Å². The van der Waals surface area contributed by atoms with Gasteiger partial charge >= 0.3 is 0 Å². The Morgan fingerprint density at radius 3 is 0.750 bits per heavy atom. The van der Waals surface area contributed by atoms with Crippen molar-refractivity contribution in [3.05, 3.63) is 0 Å². The van der Waals surface area contributed by atoms with E-state index in [1.165, 1.54) is 167 Å². The highest BCUT2D eigenvalue weighted by molar-refractivity contribution is 6.06. The number of Topliss-reactive ketones (excluding diaryl/α,β-unsaturated/α-hetero) is 2.